The van der Waals surface area contributed by atoms with E-state index in [0.717, 1.165) is 10.2 Å². The van der Waals surface area contributed by atoms with Gasteiger partial charge >= 0.3 is 0 Å². The Morgan fingerprint density at radius 3 is 2.56 bits per heavy atom. The number of quaternary nitrogens is 1. The second-order valence-electron chi connectivity index (χ2n) is 6.45. The van der Waals surface area contributed by atoms with Crippen LogP contribution in [0.15, 0.2) is 51.6 Å². The maximum atomic E-state index is 12.4. The Morgan fingerprint density at radius 1 is 1.28 bits per heavy atom. The van der Waals surface area contributed by atoms with E-state index in [9.17, 15) is 9.90 Å². The molecule has 1 unspecified atom stereocenters. The average molecular weight is 477 g/mol. The summed E-state index contributed by atoms with van der Waals surface area (Å²) in [6, 6.07) is 10.9. The van der Waals surface area contributed by atoms with Gasteiger partial charge in [0, 0.05) is 10.0 Å². The number of carbonyl (C=O) groups excluding carboxylic acids is 1. The van der Waals surface area contributed by atoms with Crippen LogP contribution in [-0.4, -0.2) is 55.3 Å². The molecule has 0 amide bonds. The summed E-state index contributed by atoms with van der Waals surface area (Å²) >= 11 is 3.36. The Hall–Kier alpha value is -0.990. The molecular formula is C18H23Br2NO4. The molecule has 1 aromatic carbocycles. The number of likely N-dealkylation sites (N-methyl/N-ethyl adjacent to an activating group) is 1. The molecule has 0 aliphatic rings. The number of Topliss-reactive ketones (excluding diaryl/α,β-unsaturated/α-hetero) is 1. The van der Waals surface area contributed by atoms with E-state index in [1.54, 1.807) is 24.5 Å². The number of halogens is 2. The Kier molecular flexibility index (Phi) is 9.02. The molecule has 0 bridgehead atoms. The Balaban J connectivity index is 0.00000312. The van der Waals surface area contributed by atoms with Crippen molar-refractivity contribution in [3.05, 3.63) is 58.5 Å². The lowest BCUT2D eigenvalue weighted by Gasteiger charge is -2.31. The first kappa shape index (κ1) is 22.1. The summed E-state index contributed by atoms with van der Waals surface area (Å²) in [6.07, 6.45) is 0.940. The molecule has 1 aromatic heterocycles. The van der Waals surface area contributed by atoms with Gasteiger partial charge in [-0.1, -0.05) is 28.1 Å². The third kappa shape index (κ3) is 7.83. The van der Waals surface area contributed by atoms with Crippen LogP contribution in [0.3, 0.4) is 0 Å². The quantitative estimate of drug-likeness (QED) is 0.405. The zero-order valence-electron chi connectivity index (χ0n) is 14.3. The summed E-state index contributed by atoms with van der Waals surface area (Å²) in [6.45, 7) is 1.28. The van der Waals surface area contributed by atoms with E-state index < -0.39 is 6.10 Å². The second-order valence-corrected chi connectivity index (χ2v) is 7.37. The number of nitrogens with zero attached hydrogens (tertiary/aromatic N) is 1. The van der Waals surface area contributed by atoms with Gasteiger partial charge < -0.3 is 35.7 Å². The highest BCUT2D eigenvalue weighted by Gasteiger charge is 2.25. The van der Waals surface area contributed by atoms with Crippen molar-refractivity contribution in [3.8, 4) is 0 Å². The molecule has 0 fully saturated rings. The van der Waals surface area contributed by atoms with Gasteiger partial charge in [0.2, 0.25) is 5.78 Å². The van der Waals surface area contributed by atoms with Crippen LogP contribution in [-0.2, 0) is 11.3 Å². The minimum absolute atomic E-state index is 0. The predicted molar refractivity (Wildman–Crippen MR) is 94.7 cm³/mol. The van der Waals surface area contributed by atoms with Gasteiger partial charge in [0.05, 0.1) is 27.0 Å². The first-order chi connectivity index (χ1) is 11.4. The highest BCUT2D eigenvalue weighted by atomic mass is 79.9. The summed E-state index contributed by atoms with van der Waals surface area (Å²) in [5, 5.41) is 10.1. The zero-order chi connectivity index (χ0) is 17.6. The fourth-order valence-corrected chi connectivity index (χ4v) is 2.76. The number of benzene rings is 1. The van der Waals surface area contributed by atoms with Crippen molar-refractivity contribution >= 4 is 21.7 Å². The number of hydrogen-bond donors (Lipinski definition) is 1. The Labute approximate surface area is 167 Å². The van der Waals surface area contributed by atoms with Crippen LogP contribution in [0.5, 0.6) is 0 Å². The van der Waals surface area contributed by atoms with Crippen LogP contribution < -0.4 is 17.0 Å². The maximum Gasteiger partial charge on any atom is 0.216 e. The van der Waals surface area contributed by atoms with Gasteiger partial charge in [-0.25, -0.2) is 0 Å². The maximum absolute atomic E-state index is 12.4. The second kappa shape index (κ2) is 10.2. The van der Waals surface area contributed by atoms with Crippen LogP contribution in [0.2, 0.25) is 0 Å². The number of furan rings is 1. The number of aliphatic hydroxyl groups is 1. The van der Waals surface area contributed by atoms with Gasteiger partial charge in [-0.05, 0) is 24.3 Å². The number of ketones is 1. The summed E-state index contributed by atoms with van der Waals surface area (Å²) < 4.78 is 11.9. The molecule has 0 spiro atoms. The molecule has 0 saturated heterocycles. The lowest BCUT2D eigenvalue weighted by molar-refractivity contribution is -0.885. The molecule has 0 radical (unpaired) electrons. The van der Waals surface area contributed by atoms with Crippen LogP contribution in [0.1, 0.15) is 16.1 Å². The van der Waals surface area contributed by atoms with Crippen molar-refractivity contribution in [2.45, 2.75) is 12.7 Å². The predicted octanol–water partition coefficient (Wildman–Crippen LogP) is -0.117. The molecule has 0 saturated carbocycles. The molecular weight excluding hydrogens is 454 g/mol. The third-order valence-electron chi connectivity index (χ3n) is 3.58. The van der Waals surface area contributed by atoms with Gasteiger partial charge in [0.1, 0.15) is 31.6 Å². The highest BCUT2D eigenvalue weighted by molar-refractivity contribution is 9.10. The van der Waals surface area contributed by atoms with Crippen molar-refractivity contribution in [1.29, 1.82) is 0 Å². The fraction of sp³-hybridized carbons (Fsp3) is 0.389. The van der Waals surface area contributed by atoms with Crippen molar-refractivity contribution in [3.63, 3.8) is 0 Å². The van der Waals surface area contributed by atoms with E-state index in [-0.39, 0.29) is 29.4 Å². The van der Waals surface area contributed by atoms with E-state index in [0.29, 0.717) is 29.7 Å². The van der Waals surface area contributed by atoms with E-state index in [4.69, 9.17) is 9.15 Å². The lowest BCUT2D eigenvalue weighted by atomic mass is 10.1. The minimum atomic E-state index is -0.646. The van der Waals surface area contributed by atoms with Gasteiger partial charge in [0.25, 0.3) is 0 Å². The molecule has 0 aliphatic heterocycles. The fourth-order valence-electron chi connectivity index (χ4n) is 2.49. The molecule has 25 heavy (non-hydrogen) atoms. The highest BCUT2D eigenvalue weighted by Crippen LogP contribution is 2.13. The zero-order valence-corrected chi connectivity index (χ0v) is 17.5. The van der Waals surface area contributed by atoms with E-state index >= 15 is 0 Å². The first-order valence-corrected chi connectivity index (χ1v) is 8.54. The number of hydrogen-bond acceptors (Lipinski definition) is 4. The molecule has 1 atom stereocenters. The van der Waals surface area contributed by atoms with Crippen molar-refractivity contribution in [2.24, 2.45) is 0 Å². The molecule has 2 rings (SSSR count). The van der Waals surface area contributed by atoms with E-state index in [2.05, 4.69) is 15.9 Å². The summed E-state index contributed by atoms with van der Waals surface area (Å²) in [5.74, 6) is 0.776. The van der Waals surface area contributed by atoms with E-state index in [1.807, 2.05) is 32.3 Å². The van der Waals surface area contributed by atoms with Crippen molar-refractivity contribution in [2.75, 3.05) is 33.8 Å². The van der Waals surface area contributed by atoms with Gasteiger partial charge in [-0.15, -0.1) is 0 Å². The Morgan fingerprint density at radius 2 is 1.96 bits per heavy atom. The number of ether oxygens (including phenoxy) is 1. The molecule has 7 heteroatoms. The van der Waals surface area contributed by atoms with Gasteiger partial charge in [0.15, 0.2) is 0 Å². The van der Waals surface area contributed by atoms with Crippen LogP contribution >= 0.6 is 15.9 Å². The normalized spacial score (nSPS) is 12.5. The van der Waals surface area contributed by atoms with E-state index in [1.165, 1.54) is 0 Å². The van der Waals surface area contributed by atoms with Crippen LogP contribution in [0.4, 0.5) is 0 Å². The molecule has 5 nitrogen and oxygen atoms in total. The molecule has 1 N–H and O–H groups in total. The number of aliphatic hydroxyl groups excluding tert-OH is 1. The summed E-state index contributed by atoms with van der Waals surface area (Å²) in [5.41, 5.74) is 0.674. The molecule has 2 aromatic rings. The number of carbonyl (C=O) groups is 1. The van der Waals surface area contributed by atoms with Crippen LogP contribution in [0.25, 0.3) is 0 Å². The molecule has 1 heterocycles. The van der Waals surface area contributed by atoms with Gasteiger partial charge in [-0.2, -0.15) is 0 Å². The Bertz CT molecular complexity index is 642. The largest absolute Gasteiger partial charge is 1.00 e. The third-order valence-corrected chi connectivity index (χ3v) is 4.11. The standard InChI is InChI=1S/C18H23BrNO4.BrH/c1-20(2,11-18(22)14-5-7-15(19)8-6-14)10-16(21)12-23-13-17-4-3-9-24-17;/h3-9,16,21H,10-13H2,1-2H3;1H/q+1;/p-1. The van der Waals surface area contributed by atoms with Crippen molar-refractivity contribution < 1.29 is 40.5 Å². The SMILES string of the molecule is C[N+](C)(CC(=O)c1ccc(Br)cc1)CC(O)COCc1ccco1.[Br-]. The monoisotopic (exact) mass is 475 g/mol. The summed E-state index contributed by atoms with van der Waals surface area (Å²) in [4.78, 5) is 12.4. The molecule has 138 valence electrons. The smallest absolute Gasteiger partial charge is 0.216 e. The van der Waals surface area contributed by atoms with Crippen LogP contribution in [0, 0.1) is 0 Å². The summed E-state index contributed by atoms with van der Waals surface area (Å²) in [7, 11) is 3.85. The van der Waals surface area contributed by atoms with Gasteiger partial charge in [-0.3, -0.25) is 4.79 Å². The minimum Gasteiger partial charge on any atom is -1.00 e. The van der Waals surface area contributed by atoms with Crippen molar-refractivity contribution in [1.82, 2.24) is 0 Å². The molecule has 0 aliphatic carbocycles. The average Bonchev–Trinajstić information content (AvgIpc) is 3.00. The first-order valence-electron chi connectivity index (χ1n) is 7.75. The topological polar surface area (TPSA) is 59.7 Å². The number of rotatable bonds is 9. The lowest BCUT2D eigenvalue weighted by Crippen LogP contribution is -3.00.